The van der Waals surface area contributed by atoms with Gasteiger partial charge in [0.05, 0.1) is 17.0 Å². The van der Waals surface area contributed by atoms with Gasteiger partial charge < -0.3 is 5.32 Å². The molecule has 0 spiro atoms. The van der Waals surface area contributed by atoms with Crippen LogP contribution < -0.4 is 10.7 Å². The third-order valence-electron chi connectivity index (χ3n) is 3.61. The summed E-state index contributed by atoms with van der Waals surface area (Å²) in [5.41, 5.74) is 3.92. The molecular formula is C17H20F3N3S. The number of hydrogen-bond donors (Lipinski definition) is 2. The van der Waals surface area contributed by atoms with Crippen LogP contribution in [0.4, 0.5) is 18.9 Å². The molecule has 0 heterocycles. The van der Waals surface area contributed by atoms with Crippen molar-refractivity contribution in [1.29, 1.82) is 0 Å². The summed E-state index contributed by atoms with van der Waals surface area (Å²) in [5.74, 6) is 0. The molecule has 2 rings (SSSR count). The fourth-order valence-corrected chi connectivity index (χ4v) is 3.03. The highest BCUT2D eigenvalue weighted by molar-refractivity contribution is 7.80. The number of anilines is 1. The van der Waals surface area contributed by atoms with Crippen LogP contribution in [0.2, 0.25) is 0 Å². The second-order valence-corrected chi connectivity index (χ2v) is 7.13. The number of thiocarbonyl (C=S) groups is 1. The summed E-state index contributed by atoms with van der Waals surface area (Å²) in [6, 6.07) is 5.19. The van der Waals surface area contributed by atoms with E-state index in [0.29, 0.717) is 0 Å². The fraction of sp³-hybridized carbons (Fsp3) is 0.412. The molecular weight excluding hydrogens is 335 g/mol. The summed E-state index contributed by atoms with van der Waals surface area (Å²) in [6.45, 7) is 6.33. The first kappa shape index (κ1) is 18.4. The Kier molecular flexibility index (Phi) is 5.32. The first-order valence-corrected chi connectivity index (χ1v) is 7.95. The van der Waals surface area contributed by atoms with E-state index >= 15 is 0 Å². The van der Waals surface area contributed by atoms with Gasteiger partial charge in [0.15, 0.2) is 5.11 Å². The molecule has 0 saturated heterocycles. The van der Waals surface area contributed by atoms with E-state index in [9.17, 15) is 13.2 Å². The van der Waals surface area contributed by atoms with Crippen molar-refractivity contribution in [2.45, 2.75) is 39.8 Å². The number of para-hydroxylation sites is 1. The number of nitrogens with one attached hydrogen (secondary N) is 2. The monoisotopic (exact) mass is 355 g/mol. The van der Waals surface area contributed by atoms with E-state index in [4.69, 9.17) is 12.2 Å². The lowest BCUT2D eigenvalue weighted by atomic mass is 9.77. The minimum absolute atomic E-state index is 0.0219. The first-order valence-electron chi connectivity index (χ1n) is 7.54. The normalized spacial score (nSPS) is 18.9. The molecule has 1 aromatic carbocycles. The van der Waals surface area contributed by atoms with Crippen molar-refractivity contribution >= 4 is 28.7 Å². The average Bonchev–Trinajstić information content (AvgIpc) is 2.42. The summed E-state index contributed by atoms with van der Waals surface area (Å²) in [7, 11) is 0. The molecule has 1 aliphatic rings. The van der Waals surface area contributed by atoms with Crippen molar-refractivity contribution in [2.75, 3.05) is 5.32 Å². The van der Waals surface area contributed by atoms with E-state index < -0.39 is 11.7 Å². The van der Waals surface area contributed by atoms with Crippen LogP contribution in [0.5, 0.6) is 0 Å². The number of hydrogen-bond acceptors (Lipinski definition) is 2. The Balaban J connectivity index is 2.08. The van der Waals surface area contributed by atoms with Gasteiger partial charge in [0.1, 0.15) is 0 Å². The number of alkyl halides is 3. The molecule has 0 atom stereocenters. The van der Waals surface area contributed by atoms with E-state index in [0.717, 1.165) is 24.6 Å². The lowest BCUT2D eigenvalue weighted by Crippen LogP contribution is -2.28. The molecule has 0 saturated carbocycles. The molecule has 0 bridgehead atoms. The zero-order valence-corrected chi connectivity index (χ0v) is 14.6. The molecule has 0 fully saturated rings. The summed E-state index contributed by atoms with van der Waals surface area (Å²) in [6.07, 6.45) is -0.699. The highest BCUT2D eigenvalue weighted by Crippen LogP contribution is 2.35. The van der Waals surface area contributed by atoms with Crippen molar-refractivity contribution in [2.24, 2.45) is 10.5 Å². The minimum Gasteiger partial charge on any atom is -0.331 e. The fourth-order valence-electron chi connectivity index (χ4n) is 2.88. The zero-order chi connectivity index (χ0) is 18.0. The van der Waals surface area contributed by atoms with Gasteiger partial charge in [0.2, 0.25) is 0 Å². The second-order valence-electron chi connectivity index (χ2n) is 6.72. The Labute approximate surface area is 145 Å². The van der Waals surface area contributed by atoms with Crippen molar-refractivity contribution in [3.8, 4) is 0 Å². The standard InChI is InChI=1S/C17H20F3N3S/c1-11-8-12(10-16(2,3)9-11)22-23-15(24)21-14-7-5-4-6-13(14)17(18,19)20/h4-8H,9-10H2,1-3H3,(H2,21,23,24)/b22-12-. The van der Waals surface area contributed by atoms with Crippen LogP contribution in [0.3, 0.4) is 0 Å². The summed E-state index contributed by atoms with van der Waals surface area (Å²) in [4.78, 5) is 0. The Morgan fingerprint density at radius 3 is 2.50 bits per heavy atom. The third kappa shape index (κ3) is 5.06. The van der Waals surface area contributed by atoms with Gasteiger partial charge in [-0.3, -0.25) is 5.43 Å². The van der Waals surface area contributed by atoms with Gasteiger partial charge in [0, 0.05) is 0 Å². The lowest BCUT2D eigenvalue weighted by molar-refractivity contribution is -0.136. The summed E-state index contributed by atoms with van der Waals surface area (Å²) in [5, 5.41) is 6.81. The van der Waals surface area contributed by atoms with Crippen LogP contribution >= 0.6 is 12.2 Å². The minimum atomic E-state index is -4.45. The predicted molar refractivity (Wildman–Crippen MR) is 95.0 cm³/mol. The molecule has 0 amide bonds. The van der Waals surface area contributed by atoms with Crippen molar-refractivity contribution in [3.63, 3.8) is 0 Å². The number of hydrazone groups is 1. The Hall–Kier alpha value is -1.89. The number of halogens is 3. The Bertz CT molecular complexity index is 691. The van der Waals surface area contributed by atoms with E-state index in [2.05, 4.69) is 29.7 Å². The lowest BCUT2D eigenvalue weighted by Gasteiger charge is -2.29. The van der Waals surface area contributed by atoms with Gasteiger partial charge >= 0.3 is 6.18 Å². The number of benzene rings is 1. The van der Waals surface area contributed by atoms with E-state index in [1.165, 1.54) is 23.8 Å². The van der Waals surface area contributed by atoms with Gasteiger partial charge in [-0.1, -0.05) is 31.6 Å². The smallest absolute Gasteiger partial charge is 0.331 e. The van der Waals surface area contributed by atoms with Gasteiger partial charge in [-0.15, -0.1) is 0 Å². The van der Waals surface area contributed by atoms with Crippen LogP contribution in [-0.4, -0.2) is 10.8 Å². The molecule has 3 nitrogen and oxygen atoms in total. The SMILES string of the molecule is CC1=C/C(=N/NC(=S)Nc2ccccc2C(F)(F)F)CC(C)(C)C1. The molecule has 0 aromatic heterocycles. The Morgan fingerprint density at radius 2 is 1.88 bits per heavy atom. The molecule has 1 aliphatic carbocycles. The van der Waals surface area contributed by atoms with E-state index in [1.54, 1.807) is 0 Å². The van der Waals surface area contributed by atoms with Crippen molar-refractivity contribution in [1.82, 2.24) is 5.43 Å². The van der Waals surface area contributed by atoms with Gasteiger partial charge in [0.25, 0.3) is 0 Å². The quantitative estimate of drug-likeness (QED) is 0.571. The number of rotatable bonds is 2. The largest absolute Gasteiger partial charge is 0.418 e. The Morgan fingerprint density at radius 1 is 1.21 bits per heavy atom. The van der Waals surface area contributed by atoms with Crippen LogP contribution in [-0.2, 0) is 6.18 Å². The molecule has 0 aliphatic heterocycles. The second kappa shape index (κ2) is 6.93. The number of allylic oxidation sites excluding steroid dienone is 2. The number of nitrogens with zero attached hydrogens (tertiary/aromatic N) is 1. The van der Waals surface area contributed by atoms with E-state index in [-0.39, 0.29) is 16.2 Å². The third-order valence-corrected chi connectivity index (χ3v) is 3.81. The highest BCUT2D eigenvalue weighted by atomic mass is 32.1. The van der Waals surface area contributed by atoms with Gasteiger partial charge in [-0.2, -0.15) is 18.3 Å². The topological polar surface area (TPSA) is 36.4 Å². The van der Waals surface area contributed by atoms with Gasteiger partial charge in [-0.05, 0) is 55.6 Å². The van der Waals surface area contributed by atoms with Crippen LogP contribution in [0.1, 0.15) is 39.2 Å². The molecule has 0 radical (unpaired) electrons. The van der Waals surface area contributed by atoms with Gasteiger partial charge in [-0.25, -0.2) is 0 Å². The predicted octanol–water partition coefficient (Wildman–Crippen LogP) is 5.11. The molecule has 2 N–H and O–H groups in total. The van der Waals surface area contributed by atoms with E-state index in [1.807, 2.05) is 13.0 Å². The average molecular weight is 355 g/mol. The molecule has 7 heteroatoms. The highest BCUT2D eigenvalue weighted by Gasteiger charge is 2.33. The maximum atomic E-state index is 13.0. The maximum absolute atomic E-state index is 13.0. The maximum Gasteiger partial charge on any atom is 0.418 e. The van der Waals surface area contributed by atoms with Crippen LogP contribution in [0.15, 0.2) is 41.0 Å². The van der Waals surface area contributed by atoms with Crippen LogP contribution in [0, 0.1) is 5.41 Å². The molecule has 130 valence electrons. The first-order chi connectivity index (χ1) is 11.1. The summed E-state index contributed by atoms with van der Waals surface area (Å²) >= 11 is 5.06. The molecule has 24 heavy (non-hydrogen) atoms. The molecule has 0 unspecified atom stereocenters. The van der Waals surface area contributed by atoms with Crippen molar-refractivity contribution < 1.29 is 13.2 Å². The zero-order valence-electron chi connectivity index (χ0n) is 13.8. The van der Waals surface area contributed by atoms with Crippen molar-refractivity contribution in [3.05, 3.63) is 41.5 Å². The van der Waals surface area contributed by atoms with Crippen LogP contribution in [0.25, 0.3) is 0 Å². The molecule has 1 aromatic rings. The summed E-state index contributed by atoms with van der Waals surface area (Å²) < 4.78 is 38.9.